The minimum Gasteiger partial charge on any atom is -0.460 e. The highest BCUT2D eigenvalue weighted by molar-refractivity contribution is 7.96. The Morgan fingerprint density at radius 2 is 1.79 bits per heavy atom. The summed E-state index contributed by atoms with van der Waals surface area (Å²) in [7, 11) is 0. The van der Waals surface area contributed by atoms with Gasteiger partial charge in [-0.05, 0) is 55.3 Å². The Bertz CT molecular complexity index is 1300. The van der Waals surface area contributed by atoms with E-state index in [1.165, 1.54) is 0 Å². The van der Waals surface area contributed by atoms with Crippen LogP contribution in [0, 0.1) is 0 Å². The number of piperidine rings is 1. The van der Waals surface area contributed by atoms with Gasteiger partial charge in [-0.15, -0.1) is 0 Å². The van der Waals surface area contributed by atoms with Crippen molar-refractivity contribution in [3.05, 3.63) is 95.2 Å². The zero-order valence-electron chi connectivity index (χ0n) is 18.2. The molecule has 2 heterocycles. The molecule has 3 aromatic carbocycles. The second-order valence-electron chi connectivity index (χ2n) is 8.24. The first kappa shape index (κ1) is 22.7. The van der Waals surface area contributed by atoms with Crippen molar-refractivity contribution < 1.29 is 18.5 Å². The largest absolute Gasteiger partial charge is 0.460 e. The van der Waals surface area contributed by atoms with Crippen LogP contribution in [0.15, 0.2) is 83.5 Å². The van der Waals surface area contributed by atoms with E-state index < -0.39 is 5.60 Å². The van der Waals surface area contributed by atoms with E-state index in [0.717, 1.165) is 28.9 Å². The van der Waals surface area contributed by atoms with Crippen LogP contribution in [0.3, 0.4) is 0 Å². The van der Waals surface area contributed by atoms with Crippen LogP contribution in [-0.2, 0) is 5.60 Å². The molecule has 174 valence electrons. The van der Waals surface area contributed by atoms with Gasteiger partial charge in [0, 0.05) is 40.3 Å². The van der Waals surface area contributed by atoms with Crippen LogP contribution in [-0.4, -0.2) is 29.0 Å². The fourth-order valence-corrected chi connectivity index (χ4v) is 5.00. The predicted octanol–water partition coefficient (Wildman–Crippen LogP) is 6.26. The van der Waals surface area contributed by atoms with Gasteiger partial charge in [0.15, 0.2) is 23.6 Å². The topological polar surface area (TPSA) is 74.9 Å². The molecule has 34 heavy (non-hydrogen) atoms. The van der Waals surface area contributed by atoms with E-state index in [-0.39, 0.29) is 5.91 Å². The SMILES string of the molecule is O=C(c1ccc(NSOc2cccc3ccoc23)cc1)N1CCC(O)(c2ccccc2Cl)CC1. The van der Waals surface area contributed by atoms with Crippen LogP contribution < -0.4 is 8.91 Å². The monoisotopic (exact) mass is 494 g/mol. The molecule has 0 aliphatic carbocycles. The number of anilines is 1. The lowest BCUT2D eigenvalue weighted by Crippen LogP contribution is -2.45. The number of para-hydroxylation sites is 1. The van der Waals surface area contributed by atoms with E-state index in [1.807, 2.05) is 54.6 Å². The second-order valence-corrected chi connectivity index (χ2v) is 9.19. The van der Waals surface area contributed by atoms with Gasteiger partial charge < -0.3 is 18.6 Å². The van der Waals surface area contributed by atoms with E-state index in [4.69, 9.17) is 20.2 Å². The van der Waals surface area contributed by atoms with Gasteiger partial charge in [-0.25, -0.2) is 0 Å². The molecule has 8 heteroatoms. The summed E-state index contributed by atoms with van der Waals surface area (Å²) in [6.07, 6.45) is 2.52. The molecule has 5 rings (SSSR count). The summed E-state index contributed by atoms with van der Waals surface area (Å²) in [5, 5.41) is 12.6. The van der Waals surface area contributed by atoms with E-state index in [1.54, 1.807) is 29.4 Å². The van der Waals surface area contributed by atoms with Gasteiger partial charge >= 0.3 is 0 Å². The van der Waals surface area contributed by atoms with Crippen LogP contribution in [0.4, 0.5) is 5.69 Å². The van der Waals surface area contributed by atoms with Gasteiger partial charge in [0.1, 0.15) is 0 Å². The minimum absolute atomic E-state index is 0.0545. The Kier molecular flexibility index (Phi) is 6.41. The number of amides is 1. The highest BCUT2D eigenvalue weighted by atomic mass is 35.5. The first-order valence-corrected chi connectivity index (χ1v) is 12.1. The Morgan fingerprint density at radius 1 is 1.03 bits per heavy atom. The lowest BCUT2D eigenvalue weighted by Gasteiger charge is -2.39. The number of furan rings is 1. The molecule has 1 aromatic heterocycles. The number of nitrogens with one attached hydrogen (secondary N) is 1. The molecule has 6 nitrogen and oxygen atoms in total. The first-order chi connectivity index (χ1) is 16.5. The quantitative estimate of drug-likeness (QED) is 0.243. The minimum atomic E-state index is -1.01. The van der Waals surface area contributed by atoms with Gasteiger partial charge in [0.25, 0.3) is 5.91 Å². The molecule has 0 bridgehead atoms. The lowest BCUT2D eigenvalue weighted by molar-refractivity contribution is -0.0210. The summed E-state index contributed by atoms with van der Waals surface area (Å²) in [5.41, 5.74) is 1.81. The zero-order valence-corrected chi connectivity index (χ0v) is 19.8. The van der Waals surface area contributed by atoms with Crippen LogP contribution in [0.2, 0.25) is 5.02 Å². The van der Waals surface area contributed by atoms with Crippen LogP contribution in [0.25, 0.3) is 11.0 Å². The average molecular weight is 495 g/mol. The Balaban J connectivity index is 1.16. The number of nitrogens with zero attached hydrogens (tertiary/aromatic N) is 1. The van der Waals surface area contributed by atoms with Crippen molar-refractivity contribution in [2.24, 2.45) is 0 Å². The number of aliphatic hydroxyl groups is 1. The molecule has 0 spiro atoms. The summed E-state index contributed by atoms with van der Waals surface area (Å²) in [6, 6.07) is 22.2. The molecule has 1 fully saturated rings. The molecule has 1 amide bonds. The molecule has 2 N–H and O–H groups in total. The van der Waals surface area contributed by atoms with Crippen LogP contribution >= 0.6 is 23.8 Å². The number of fused-ring (bicyclic) bond motifs is 1. The van der Waals surface area contributed by atoms with E-state index in [0.29, 0.717) is 47.8 Å². The van der Waals surface area contributed by atoms with Gasteiger partial charge in [-0.3, -0.25) is 9.52 Å². The number of carbonyl (C=O) groups is 1. The molecular weight excluding hydrogens is 472 g/mol. The number of benzene rings is 3. The predicted molar refractivity (Wildman–Crippen MR) is 135 cm³/mol. The molecule has 1 aliphatic rings. The van der Waals surface area contributed by atoms with E-state index in [9.17, 15) is 9.90 Å². The van der Waals surface area contributed by atoms with Crippen molar-refractivity contribution in [3.8, 4) is 5.75 Å². The van der Waals surface area contributed by atoms with Crippen LogP contribution in [0.1, 0.15) is 28.8 Å². The normalized spacial score (nSPS) is 15.3. The fraction of sp³-hybridized carbons (Fsp3) is 0.192. The molecule has 4 aromatic rings. The Hall–Kier alpha value is -3.13. The zero-order chi connectivity index (χ0) is 23.5. The smallest absolute Gasteiger partial charge is 0.253 e. The number of hydrogen-bond donors (Lipinski definition) is 2. The van der Waals surface area contributed by atoms with E-state index >= 15 is 0 Å². The Morgan fingerprint density at radius 3 is 2.56 bits per heavy atom. The van der Waals surface area contributed by atoms with Gasteiger partial charge in [0.2, 0.25) is 0 Å². The third-order valence-electron chi connectivity index (χ3n) is 6.12. The highest BCUT2D eigenvalue weighted by Gasteiger charge is 2.36. The number of hydrogen-bond acceptors (Lipinski definition) is 6. The fourth-order valence-electron chi connectivity index (χ4n) is 4.20. The second kappa shape index (κ2) is 9.62. The standard InChI is InChI=1S/C26H23ClN2O4S/c27-22-6-2-1-5-21(22)26(31)13-15-29(16-14-26)25(30)19-8-10-20(11-9-19)28-34-33-23-7-3-4-18-12-17-32-24(18)23/h1-12,17,28,31H,13-16H2. The first-order valence-electron chi connectivity index (χ1n) is 11.0. The van der Waals surface area contributed by atoms with Crippen molar-refractivity contribution in [2.45, 2.75) is 18.4 Å². The van der Waals surface area contributed by atoms with Gasteiger partial charge in [0.05, 0.1) is 11.9 Å². The molecule has 1 aliphatic heterocycles. The molecule has 0 radical (unpaired) electrons. The molecule has 1 saturated heterocycles. The summed E-state index contributed by atoms with van der Waals surface area (Å²) in [4.78, 5) is 14.8. The molecule has 0 unspecified atom stereocenters. The maximum Gasteiger partial charge on any atom is 0.253 e. The number of likely N-dealkylation sites (tertiary alicyclic amines) is 1. The molecule has 0 saturated carbocycles. The van der Waals surface area contributed by atoms with Crippen molar-refractivity contribution in [1.29, 1.82) is 0 Å². The maximum absolute atomic E-state index is 13.0. The summed E-state index contributed by atoms with van der Waals surface area (Å²) in [5.74, 6) is 0.579. The highest BCUT2D eigenvalue weighted by Crippen LogP contribution is 2.37. The molecule has 0 atom stereocenters. The third kappa shape index (κ3) is 4.59. The number of halogens is 1. The third-order valence-corrected chi connectivity index (χ3v) is 7.03. The maximum atomic E-state index is 13.0. The average Bonchev–Trinajstić information content (AvgIpc) is 3.35. The molecular formula is C26H23ClN2O4S. The van der Waals surface area contributed by atoms with Gasteiger partial charge in [-0.2, -0.15) is 0 Å². The van der Waals surface area contributed by atoms with Crippen molar-refractivity contribution in [3.63, 3.8) is 0 Å². The van der Waals surface area contributed by atoms with E-state index in [2.05, 4.69) is 4.72 Å². The van der Waals surface area contributed by atoms with Crippen molar-refractivity contribution in [1.82, 2.24) is 4.90 Å². The van der Waals surface area contributed by atoms with Crippen molar-refractivity contribution >= 4 is 46.4 Å². The number of rotatable bonds is 6. The lowest BCUT2D eigenvalue weighted by atomic mass is 9.84. The Labute approximate surface area is 206 Å². The number of carbonyl (C=O) groups excluding carboxylic acids is 1. The van der Waals surface area contributed by atoms with Gasteiger partial charge in [-0.1, -0.05) is 41.9 Å². The van der Waals surface area contributed by atoms with Crippen LogP contribution in [0.5, 0.6) is 5.75 Å². The summed E-state index contributed by atoms with van der Waals surface area (Å²) in [6.45, 7) is 0.922. The summed E-state index contributed by atoms with van der Waals surface area (Å²) < 4.78 is 14.3. The van der Waals surface area contributed by atoms with Crippen molar-refractivity contribution in [2.75, 3.05) is 17.8 Å². The summed E-state index contributed by atoms with van der Waals surface area (Å²) >= 11 is 7.36.